The fourth-order valence-electron chi connectivity index (χ4n) is 5.13. The first-order valence-electron chi connectivity index (χ1n) is 8.25. The number of carboxylic acid groups (broad SMARTS) is 1. The molecule has 4 unspecified atom stereocenters. The Morgan fingerprint density at radius 2 is 1.86 bits per heavy atom. The maximum Gasteiger partial charge on any atom is 0.312 e. The first-order valence-corrected chi connectivity index (χ1v) is 8.25. The minimum atomic E-state index is -0.669. The second-order valence-electron chi connectivity index (χ2n) is 7.21. The average molecular weight is 296 g/mol. The Kier molecular flexibility index (Phi) is 3.28. The maximum atomic E-state index is 12.1. The minimum absolute atomic E-state index is 0.0833. The molecule has 4 aliphatic rings. The highest BCUT2D eigenvalue weighted by molar-refractivity contribution is 5.77. The molecule has 118 valence electrons. The molecule has 21 heavy (non-hydrogen) atoms. The summed E-state index contributed by atoms with van der Waals surface area (Å²) in [5, 5.41) is 9.98. The summed E-state index contributed by atoms with van der Waals surface area (Å²) >= 11 is 0. The Bertz CT molecular complexity index is 425. The highest BCUT2D eigenvalue weighted by Crippen LogP contribution is 2.56. The van der Waals surface area contributed by atoms with Crippen LogP contribution in [0.25, 0.3) is 0 Å². The zero-order valence-electron chi connectivity index (χ0n) is 12.4. The van der Waals surface area contributed by atoms with E-state index >= 15 is 0 Å². The summed E-state index contributed by atoms with van der Waals surface area (Å²) in [5.74, 6) is -0.471. The standard InChI is InChI=1S/C16H24O5/c17-14(18)16(10-12-1-2-13(16)21-12)11-3-6-20-15(9-11)4-7-19-8-5-15/h11-13H,1-10H2,(H,17,18). The fourth-order valence-corrected chi connectivity index (χ4v) is 5.13. The molecule has 0 aromatic heterocycles. The van der Waals surface area contributed by atoms with Crippen LogP contribution in [-0.2, 0) is 19.0 Å². The maximum absolute atomic E-state index is 12.1. The Morgan fingerprint density at radius 3 is 2.48 bits per heavy atom. The van der Waals surface area contributed by atoms with Crippen LogP contribution in [0.3, 0.4) is 0 Å². The van der Waals surface area contributed by atoms with Gasteiger partial charge in [0.15, 0.2) is 0 Å². The lowest BCUT2D eigenvalue weighted by molar-refractivity contribution is -0.182. The summed E-state index contributed by atoms with van der Waals surface area (Å²) < 4.78 is 17.5. The topological polar surface area (TPSA) is 65.0 Å². The molecule has 0 aromatic carbocycles. The molecule has 4 saturated heterocycles. The van der Waals surface area contributed by atoms with Crippen LogP contribution in [0.1, 0.15) is 44.9 Å². The predicted octanol–water partition coefficient (Wildman–Crippen LogP) is 1.98. The molecular weight excluding hydrogens is 272 g/mol. The summed E-state index contributed by atoms with van der Waals surface area (Å²) in [6.07, 6.45) is 6.22. The van der Waals surface area contributed by atoms with Crippen molar-refractivity contribution in [3.63, 3.8) is 0 Å². The van der Waals surface area contributed by atoms with E-state index in [1.807, 2.05) is 0 Å². The van der Waals surface area contributed by atoms with Crippen molar-refractivity contribution in [2.24, 2.45) is 11.3 Å². The van der Waals surface area contributed by atoms with Gasteiger partial charge in [0.1, 0.15) is 0 Å². The van der Waals surface area contributed by atoms with E-state index in [0.717, 1.165) is 51.7 Å². The first-order chi connectivity index (χ1) is 10.1. The van der Waals surface area contributed by atoms with Crippen LogP contribution < -0.4 is 0 Å². The van der Waals surface area contributed by atoms with Gasteiger partial charge in [-0.1, -0.05) is 0 Å². The third-order valence-corrected chi connectivity index (χ3v) is 6.27. The van der Waals surface area contributed by atoms with Crippen LogP contribution >= 0.6 is 0 Å². The molecule has 0 aromatic rings. The molecule has 0 saturated carbocycles. The summed E-state index contributed by atoms with van der Waals surface area (Å²) in [7, 11) is 0. The lowest BCUT2D eigenvalue weighted by Gasteiger charge is -2.48. The van der Waals surface area contributed by atoms with Gasteiger partial charge in [0.25, 0.3) is 0 Å². The van der Waals surface area contributed by atoms with Crippen molar-refractivity contribution >= 4 is 5.97 Å². The third kappa shape index (κ3) is 2.05. The van der Waals surface area contributed by atoms with Crippen LogP contribution in [0.4, 0.5) is 0 Å². The molecule has 1 spiro atoms. The number of ether oxygens (including phenoxy) is 3. The molecule has 4 fully saturated rings. The van der Waals surface area contributed by atoms with Gasteiger partial charge in [-0.3, -0.25) is 4.79 Å². The monoisotopic (exact) mass is 296 g/mol. The number of aliphatic carboxylic acids is 1. The number of rotatable bonds is 2. The van der Waals surface area contributed by atoms with Gasteiger partial charge in [-0.05, 0) is 50.9 Å². The zero-order chi connectivity index (χ0) is 14.5. The summed E-state index contributed by atoms with van der Waals surface area (Å²) in [6, 6.07) is 0. The molecule has 2 bridgehead atoms. The van der Waals surface area contributed by atoms with Crippen molar-refractivity contribution < 1.29 is 24.1 Å². The van der Waals surface area contributed by atoms with Crippen molar-refractivity contribution in [1.29, 1.82) is 0 Å². The number of fused-ring (bicyclic) bond motifs is 2. The lowest BCUT2D eigenvalue weighted by atomic mass is 9.60. The Morgan fingerprint density at radius 1 is 1.05 bits per heavy atom. The quantitative estimate of drug-likeness (QED) is 0.844. The molecule has 4 heterocycles. The number of carboxylic acids is 1. The van der Waals surface area contributed by atoms with E-state index in [1.54, 1.807) is 0 Å². The van der Waals surface area contributed by atoms with Crippen molar-refractivity contribution in [3.8, 4) is 0 Å². The van der Waals surface area contributed by atoms with Crippen LogP contribution in [-0.4, -0.2) is 48.7 Å². The van der Waals surface area contributed by atoms with Gasteiger partial charge in [0, 0.05) is 19.8 Å². The number of hydrogen-bond acceptors (Lipinski definition) is 4. The highest BCUT2D eigenvalue weighted by atomic mass is 16.5. The van der Waals surface area contributed by atoms with Gasteiger partial charge in [-0.25, -0.2) is 0 Å². The van der Waals surface area contributed by atoms with Gasteiger partial charge < -0.3 is 19.3 Å². The SMILES string of the molecule is O=C(O)C1(C2CCOC3(CCOCC3)C2)CC2CCC1O2. The number of hydrogen-bond donors (Lipinski definition) is 1. The largest absolute Gasteiger partial charge is 0.481 e. The van der Waals surface area contributed by atoms with E-state index in [-0.39, 0.29) is 23.7 Å². The summed E-state index contributed by atoms with van der Waals surface area (Å²) in [4.78, 5) is 12.1. The number of carbonyl (C=O) groups is 1. The second-order valence-corrected chi connectivity index (χ2v) is 7.21. The molecule has 4 atom stereocenters. The Hall–Kier alpha value is -0.650. The van der Waals surface area contributed by atoms with Crippen LogP contribution in [0.2, 0.25) is 0 Å². The Balaban J connectivity index is 1.60. The van der Waals surface area contributed by atoms with Gasteiger partial charge in [0.2, 0.25) is 0 Å². The molecular formula is C16H24O5. The van der Waals surface area contributed by atoms with Crippen molar-refractivity contribution in [3.05, 3.63) is 0 Å². The third-order valence-electron chi connectivity index (χ3n) is 6.27. The van der Waals surface area contributed by atoms with Crippen molar-refractivity contribution in [2.75, 3.05) is 19.8 Å². The molecule has 4 rings (SSSR count). The van der Waals surface area contributed by atoms with Gasteiger partial charge in [-0.15, -0.1) is 0 Å². The predicted molar refractivity (Wildman–Crippen MR) is 74.0 cm³/mol. The Labute approximate surface area is 124 Å². The highest BCUT2D eigenvalue weighted by Gasteiger charge is 2.62. The average Bonchev–Trinajstić information content (AvgIpc) is 3.09. The molecule has 1 N–H and O–H groups in total. The van der Waals surface area contributed by atoms with Crippen LogP contribution in [0.5, 0.6) is 0 Å². The van der Waals surface area contributed by atoms with Gasteiger partial charge >= 0.3 is 5.97 Å². The van der Waals surface area contributed by atoms with E-state index < -0.39 is 11.4 Å². The normalized spacial score (nSPS) is 45.0. The molecule has 0 aliphatic carbocycles. The lowest BCUT2D eigenvalue weighted by Crippen LogP contribution is -2.53. The van der Waals surface area contributed by atoms with Crippen LogP contribution in [0.15, 0.2) is 0 Å². The van der Waals surface area contributed by atoms with E-state index in [4.69, 9.17) is 14.2 Å². The van der Waals surface area contributed by atoms with Crippen molar-refractivity contribution in [1.82, 2.24) is 0 Å². The van der Waals surface area contributed by atoms with Gasteiger partial charge in [0.05, 0.1) is 23.2 Å². The summed E-state index contributed by atoms with van der Waals surface area (Å²) in [5.41, 5.74) is -0.816. The fraction of sp³-hybridized carbons (Fsp3) is 0.938. The molecule has 5 nitrogen and oxygen atoms in total. The second kappa shape index (κ2) is 4.93. The molecule has 0 amide bonds. The van der Waals surface area contributed by atoms with Crippen LogP contribution in [0, 0.1) is 11.3 Å². The van der Waals surface area contributed by atoms with E-state index in [2.05, 4.69) is 0 Å². The van der Waals surface area contributed by atoms with E-state index in [9.17, 15) is 9.90 Å². The van der Waals surface area contributed by atoms with Gasteiger partial charge in [-0.2, -0.15) is 0 Å². The van der Waals surface area contributed by atoms with Crippen molar-refractivity contribution in [2.45, 2.75) is 62.8 Å². The van der Waals surface area contributed by atoms with E-state index in [1.165, 1.54) is 0 Å². The zero-order valence-corrected chi connectivity index (χ0v) is 12.4. The molecule has 5 heteroatoms. The van der Waals surface area contributed by atoms with E-state index in [0.29, 0.717) is 13.0 Å². The first kappa shape index (κ1) is 14.0. The summed E-state index contributed by atoms with van der Waals surface area (Å²) in [6.45, 7) is 2.14. The smallest absolute Gasteiger partial charge is 0.312 e. The molecule has 0 radical (unpaired) electrons. The molecule has 4 aliphatic heterocycles. The minimum Gasteiger partial charge on any atom is -0.481 e.